The van der Waals surface area contributed by atoms with E-state index in [1.54, 1.807) is 0 Å². The summed E-state index contributed by atoms with van der Waals surface area (Å²) < 4.78 is 0. The van der Waals surface area contributed by atoms with Crippen LogP contribution in [0, 0.1) is 0 Å². The van der Waals surface area contributed by atoms with Crippen LogP contribution in [0.4, 0.5) is 0 Å². The molecule has 0 aliphatic carbocycles. The van der Waals surface area contributed by atoms with Crippen LogP contribution in [0.5, 0.6) is 0 Å². The lowest BCUT2D eigenvalue weighted by Crippen LogP contribution is -2.26. The van der Waals surface area contributed by atoms with Crippen molar-refractivity contribution in [1.82, 2.24) is 5.32 Å². The van der Waals surface area contributed by atoms with E-state index in [0.717, 1.165) is 12.0 Å². The summed E-state index contributed by atoms with van der Waals surface area (Å²) >= 11 is 0. The van der Waals surface area contributed by atoms with Crippen LogP contribution < -0.4 is 11.1 Å². The van der Waals surface area contributed by atoms with Crippen LogP contribution in [0.25, 0.3) is 0 Å². The molecule has 0 unspecified atom stereocenters. The molecule has 1 amide bonds. The standard InChI is InChI=1S/C18H20N2O/c19-13-6-10-16-9-4-5-11-17(16)18(21)20-14-12-15-7-2-1-3-8-15/h1-9,11,13H,10,12,14,19H2,(H,20,21). The van der Waals surface area contributed by atoms with Crippen molar-refractivity contribution in [3.05, 3.63) is 83.6 Å². The van der Waals surface area contributed by atoms with E-state index < -0.39 is 0 Å². The van der Waals surface area contributed by atoms with E-state index in [0.29, 0.717) is 18.5 Å². The Bertz CT molecular complexity index is 606. The van der Waals surface area contributed by atoms with Crippen molar-refractivity contribution in [2.24, 2.45) is 5.73 Å². The van der Waals surface area contributed by atoms with E-state index in [9.17, 15) is 4.79 Å². The zero-order valence-electron chi connectivity index (χ0n) is 12.0. The Morgan fingerprint density at radius 2 is 1.76 bits per heavy atom. The van der Waals surface area contributed by atoms with Gasteiger partial charge in [-0.25, -0.2) is 0 Å². The molecule has 3 heteroatoms. The van der Waals surface area contributed by atoms with Crippen molar-refractivity contribution < 1.29 is 4.79 Å². The summed E-state index contributed by atoms with van der Waals surface area (Å²) in [4.78, 5) is 12.3. The molecule has 0 spiro atoms. The number of nitrogens with two attached hydrogens (primary N) is 1. The monoisotopic (exact) mass is 280 g/mol. The number of amides is 1. The fourth-order valence-corrected chi connectivity index (χ4v) is 2.18. The fraction of sp³-hybridized carbons (Fsp3) is 0.167. The molecule has 0 saturated heterocycles. The first-order valence-corrected chi connectivity index (χ1v) is 7.08. The molecule has 108 valence electrons. The van der Waals surface area contributed by atoms with Gasteiger partial charge < -0.3 is 11.1 Å². The Morgan fingerprint density at radius 3 is 2.52 bits per heavy atom. The van der Waals surface area contributed by atoms with Gasteiger partial charge in [-0.2, -0.15) is 0 Å². The third-order valence-corrected chi connectivity index (χ3v) is 3.28. The second-order valence-electron chi connectivity index (χ2n) is 4.78. The average molecular weight is 280 g/mol. The van der Waals surface area contributed by atoms with Crippen molar-refractivity contribution >= 4 is 5.91 Å². The van der Waals surface area contributed by atoms with Gasteiger partial charge in [0, 0.05) is 12.1 Å². The molecule has 0 aliphatic heterocycles. The quantitative estimate of drug-likeness (QED) is 0.854. The fourth-order valence-electron chi connectivity index (χ4n) is 2.18. The van der Waals surface area contributed by atoms with Crippen molar-refractivity contribution in [3.63, 3.8) is 0 Å². The predicted octanol–water partition coefficient (Wildman–Crippen LogP) is 2.67. The summed E-state index contributed by atoms with van der Waals surface area (Å²) in [7, 11) is 0. The van der Waals surface area contributed by atoms with E-state index in [4.69, 9.17) is 5.73 Å². The summed E-state index contributed by atoms with van der Waals surface area (Å²) in [5, 5.41) is 2.97. The van der Waals surface area contributed by atoms with E-state index in [2.05, 4.69) is 17.4 Å². The molecule has 0 aliphatic rings. The SMILES string of the molecule is NC=CCc1ccccc1C(=O)NCCc1ccccc1. The minimum absolute atomic E-state index is 0.0352. The summed E-state index contributed by atoms with van der Waals surface area (Å²) in [6.07, 6.45) is 4.84. The topological polar surface area (TPSA) is 55.1 Å². The number of hydrogen-bond acceptors (Lipinski definition) is 2. The Morgan fingerprint density at radius 1 is 1.05 bits per heavy atom. The molecule has 0 aromatic heterocycles. The summed E-state index contributed by atoms with van der Waals surface area (Å²) in [5.41, 5.74) is 8.28. The molecule has 2 aromatic carbocycles. The molecule has 0 saturated carbocycles. The summed E-state index contributed by atoms with van der Waals surface area (Å²) in [5.74, 6) is -0.0352. The van der Waals surface area contributed by atoms with Gasteiger partial charge in [0.15, 0.2) is 0 Å². The zero-order chi connectivity index (χ0) is 14.9. The van der Waals surface area contributed by atoms with Crippen LogP contribution in [-0.4, -0.2) is 12.5 Å². The molecule has 0 bridgehead atoms. The zero-order valence-corrected chi connectivity index (χ0v) is 12.0. The number of benzene rings is 2. The van der Waals surface area contributed by atoms with Crippen molar-refractivity contribution in [2.75, 3.05) is 6.54 Å². The van der Waals surface area contributed by atoms with Crippen LogP contribution in [0.3, 0.4) is 0 Å². The third-order valence-electron chi connectivity index (χ3n) is 3.28. The smallest absolute Gasteiger partial charge is 0.251 e. The molecule has 0 radical (unpaired) electrons. The molecular formula is C18H20N2O. The van der Waals surface area contributed by atoms with E-state index in [-0.39, 0.29) is 5.91 Å². The first-order valence-electron chi connectivity index (χ1n) is 7.08. The lowest BCUT2D eigenvalue weighted by molar-refractivity contribution is 0.0953. The van der Waals surface area contributed by atoms with Crippen LogP contribution in [0.2, 0.25) is 0 Å². The van der Waals surface area contributed by atoms with Gasteiger partial charge in [0.25, 0.3) is 5.91 Å². The first-order chi connectivity index (χ1) is 10.3. The Balaban J connectivity index is 1.94. The normalized spacial score (nSPS) is 10.7. The molecule has 0 atom stereocenters. The van der Waals surface area contributed by atoms with Crippen LogP contribution in [-0.2, 0) is 12.8 Å². The lowest BCUT2D eigenvalue weighted by atomic mass is 10.0. The number of allylic oxidation sites excluding steroid dienone is 1. The van der Waals surface area contributed by atoms with E-state index in [1.807, 2.05) is 48.5 Å². The number of carbonyl (C=O) groups excluding carboxylic acids is 1. The second-order valence-corrected chi connectivity index (χ2v) is 4.78. The molecular weight excluding hydrogens is 260 g/mol. The van der Waals surface area contributed by atoms with E-state index >= 15 is 0 Å². The molecule has 0 heterocycles. The minimum Gasteiger partial charge on any atom is -0.405 e. The van der Waals surface area contributed by atoms with Gasteiger partial charge in [0.05, 0.1) is 0 Å². The third kappa shape index (κ3) is 4.49. The molecule has 3 nitrogen and oxygen atoms in total. The van der Waals surface area contributed by atoms with Gasteiger partial charge in [-0.05, 0) is 36.2 Å². The van der Waals surface area contributed by atoms with Gasteiger partial charge in [0.2, 0.25) is 0 Å². The van der Waals surface area contributed by atoms with Gasteiger partial charge in [0.1, 0.15) is 0 Å². The lowest BCUT2D eigenvalue weighted by Gasteiger charge is -2.09. The van der Waals surface area contributed by atoms with Crippen molar-refractivity contribution in [1.29, 1.82) is 0 Å². The highest BCUT2D eigenvalue weighted by Crippen LogP contribution is 2.10. The Kier molecular flexibility index (Phi) is 5.59. The number of rotatable bonds is 6. The largest absolute Gasteiger partial charge is 0.405 e. The maximum Gasteiger partial charge on any atom is 0.251 e. The van der Waals surface area contributed by atoms with Gasteiger partial charge in [-0.3, -0.25) is 4.79 Å². The van der Waals surface area contributed by atoms with Gasteiger partial charge in [-0.1, -0.05) is 54.6 Å². The average Bonchev–Trinajstić information content (AvgIpc) is 2.54. The highest BCUT2D eigenvalue weighted by atomic mass is 16.1. The maximum absolute atomic E-state index is 12.3. The molecule has 0 fully saturated rings. The van der Waals surface area contributed by atoms with Crippen LogP contribution in [0.1, 0.15) is 21.5 Å². The molecule has 21 heavy (non-hydrogen) atoms. The highest BCUT2D eigenvalue weighted by Gasteiger charge is 2.09. The highest BCUT2D eigenvalue weighted by molar-refractivity contribution is 5.95. The molecule has 2 rings (SSSR count). The van der Waals surface area contributed by atoms with Crippen LogP contribution >= 0.6 is 0 Å². The molecule has 2 aromatic rings. The number of hydrogen-bond donors (Lipinski definition) is 2. The first kappa shape index (κ1) is 14.9. The Hall–Kier alpha value is -2.55. The van der Waals surface area contributed by atoms with Gasteiger partial charge in [-0.15, -0.1) is 0 Å². The van der Waals surface area contributed by atoms with Crippen LogP contribution in [0.15, 0.2) is 66.9 Å². The molecule has 3 N–H and O–H groups in total. The summed E-state index contributed by atoms with van der Waals surface area (Å²) in [6.45, 7) is 0.629. The maximum atomic E-state index is 12.3. The van der Waals surface area contributed by atoms with Crippen molar-refractivity contribution in [2.45, 2.75) is 12.8 Å². The van der Waals surface area contributed by atoms with E-state index in [1.165, 1.54) is 11.8 Å². The van der Waals surface area contributed by atoms with Gasteiger partial charge >= 0.3 is 0 Å². The number of carbonyl (C=O) groups is 1. The Labute approximate surface area is 125 Å². The number of nitrogens with one attached hydrogen (secondary N) is 1. The van der Waals surface area contributed by atoms with Crippen molar-refractivity contribution in [3.8, 4) is 0 Å². The predicted molar refractivity (Wildman–Crippen MR) is 86.0 cm³/mol. The minimum atomic E-state index is -0.0352. The second kappa shape index (κ2) is 7.90. The summed E-state index contributed by atoms with van der Waals surface area (Å²) in [6, 6.07) is 17.7.